The lowest BCUT2D eigenvalue weighted by atomic mass is 9.51. The molecule has 0 radical (unpaired) electrons. The van der Waals surface area contributed by atoms with Crippen molar-refractivity contribution in [1.29, 1.82) is 0 Å². The van der Waals surface area contributed by atoms with E-state index in [-0.39, 0.29) is 30.4 Å². The molecule has 14 heteroatoms. The third kappa shape index (κ3) is 5.41. The summed E-state index contributed by atoms with van der Waals surface area (Å²) in [5.74, 6) is -4.77. The van der Waals surface area contributed by atoms with E-state index in [1.807, 2.05) is 55.5 Å². The largest absolute Gasteiger partial charge is 0.508 e. The monoisotopic (exact) mass is 867 g/mol. The molecule has 2 saturated heterocycles. The summed E-state index contributed by atoms with van der Waals surface area (Å²) in [6.07, 6.45) is 2.34. The number of oxazole rings is 1. The number of aryl methyl sites for hydroxylation is 2. The van der Waals surface area contributed by atoms with Crippen LogP contribution in [0.15, 0.2) is 107 Å². The minimum atomic E-state index is -1.39. The van der Waals surface area contributed by atoms with Crippen LogP contribution in [-0.4, -0.2) is 43.5 Å². The zero-order valence-corrected chi connectivity index (χ0v) is 35.3. The van der Waals surface area contributed by atoms with Gasteiger partial charge in [-0.05, 0) is 116 Å². The van der Waals surface area contributed by atoms with Crippen molar-refractivity contribution in [2.45, 2.75) is 32.6 Å². The Morgan fingerprint density at radius 1 is 0.869 bits per heavy atom. The predicted molar refractivity (Wildman–Crippen MR) is 233 cm³/mol. The van der Waals surface area contributed by atoms with Crippen LogP contribution in [0.3, 0.4) is 0 Å². The van der Waals surface area contributed by atoms with E-state index in [0.29, 0.717) is 49.8 Å². The highest BCUT2D eigenvalue weighted by atomic mass is 35.5. The summed E-state index contributed by atoms with van der Waals surface area (Å²) in [7, 11) is 1.70. The number of hydrogen-bond donors (Lipinski definition) is 1. The molecular weight excluding hydrogens is 834 g/mol. The van der Waals surface area contributed by atoms with Crippen molar-refractivity contribution in [3.05, 3.63) is 124 Å². The highest BCUT2D eigenvalue weighted by Gasteiger charge is 2.68. The van der Waals surface area contributed by atoms with Crippen LogP contribution in [0.5, 0.6) is 5.75 Å². The van der Waals surface area contributed by atoms with Gasteiger partial charge in [0.05, 0.1) is 33.7 Å². The first-order valence-electron chi connectivity index (χ1n) is 20.0. The van der Waals surface area contributed by atoms with Gasteiger partial charge in [0.25, 0.3) is 0 Å². The van der Waals surface area contributed by atoms with E-state index >= 15 is 9.59 Å². The lowest BCUT2D eigenvalue weighted by Gasteiger charge is -2.49. The molecule has 2 aliphatic heterocycles. The number of nitrogens with zero attached hydrogens (tertiary/aromatic N) is 5. The van der Waals surface area contributed by atoms with Gasteiger partial charge in [-0.3, -0.25) is 28.8 Å². The van der Waals surface area contributed by atoms with Crippen molar-refractivity contribution in [2.75, 3.05) is 9.80 Å². The molecule has 4 aromatic carbocycles. The number of carbonyl (C=O) groups is 4. The Morgan fingerprint density at radius 2 is 1.62 bits per heavy atom. The Morgan fingerprint density at radius 3 is 2.41 bits per heavy atom. The molecule has 304 valence electrons. The topological polar surface area (TPSA) is 139 Å². The number of carbonyl (C=O) groups excluding carboxylic acids is 4. The smallest absolute Gasteiger partial charge is 0.242 e. The Balaban J connectivity index is 0.971. The summed E-state index contributed by atoms with van der Waals surface area (Å²) in [5.41, 5.74) is 3.78. The molecule has 3 fully saturated rings. The third-order valence-corrected chi connectivity index (χ3v) is 15.2. The van der Waals surface area contributed by atoms with E-state index in [1.54, 1.807) is 72.5 Å². The average molecular weight is 869 g/mol. The fourth-order valence-corrected chi connectivity index (χ4v) is 12.1. The Bertz CT molecular complexity index is 3080. The second kappa shape index (κ2) is 13.5. The fraction of sp³-hybridized carbons (Fsp3) is 0.234. The lowest BCUT2D eigenvalue weighted by Crippen LogP contribution is -2.49. The van der Waals surface area contributed by atoms with Crippen LogP contribution in [-0.2, 0) is 26.2 Å². The van der Waals surface area contributed by atoms with Crippen LogP contribution in [0.25, 0.3) is 43.2 Å². The predicted octanol–water partition coefficient (Wildman–Crippen LogP) is 9.87. The van der Waals surface area contributed by atoms with Crippen molar-refractivity contribution in [3.8, 4) is 27.8 Å². The Hall–Kier alpha value is -6.08. The van der Waals surface area contributed by atoms with Gasteiger partial charge in [0.1, 0.15) is 22.8 Å². The first-order valence-corrected chi connectivity index (χ1v) is 21.5. The molecule has 4 aliphatic rings. The minimum Gasteiger partial charge on any atom is -0.508 e. The van der Waals surface area contributed by atoms with E-state index in [9.17, 15) is 14.7 Å². The summed E-state index contributed by atoms with van der Waals surface area (Å²) in [5, 5.41) is 18.2. The number of benzene rings is 4. The molecule has 6 atom stereocenters. The first-order chi connectivity index (χ1) is 29.3. The van der Waals surface area contributed by atoms with Gasteiger partial charge in [-0.15, -0.1) is 11.3 Å². The number of phenolic OH excluding ortho intramolecular Hbond substituents is 1. The Labute approximate surface area is 362 Å². The van der Waals surface area contributed by atoms with Crippen molar-refractivity contribution < 1.29 is 28.7 Å². The number of halogens is 2. The number of anilines is 2. The number of allylic oxidation sites excluding steroid dienone is 2. The molecule has 4 amide bonds. The number of aromatic nitrogens is 3. The molecule has 11 rings (SSSR count). The van der Waals surface area contributed by atoms with Crippen LogP contribution in [0.4, 0.5) is 11.5 Å². The molecule has 5 heterocycles. The maximum atomic E-state index is 15.2. The van der Waals surface area contributed by atoms with E-state index in [1.165, 1.54) is 15.9 Å². The van der Waals surface area contributed by atoms with Crippen molar-refractivity contribution >= 4 is 90.9 Å². The average Bonchev–Trinajstić information content (AvgIpc) is 4.03. The highest BCUT2D eigenvalue weighted by Crippen LogP contribution is 2.64. The molecule has 7 aromatic rings. The van der Waals surface area contributed by atoms with Gasteiger partial charge in [0.2, 0.25) is 29.5 Å². The number of thiophene rings is 1. The van der Waals surface area contributed by atoms with Crippen LogP contribution >= 0.6 is 34.5 Å². The van der Waals surface area contributed by atoms with Crippen molar-refractivity contribution in [1.82, 2.24) is 14.8 Å². The normalized spacial score (nSPS) is 24.8. The zero-order chi connectivity index (χ0) is 42.2. The maximum absolute atomic E-state index is 15.2. The number of imide groups is 2. The standard InChI is InChI=1S/C47H35Cl2N5O6S/c1-22-29-18-25(49)11-17-37(29)61-41(22)34-21-38(52(3)51-34)54-44(57)32-20-30-27(40(47(32,2)46(54)59)31-19-24(48)10-16-35(31)55)14-15-28-39(30)45(58)53(43(28)56)26-12-8-23(9-13-26)42-50-33-6-4-5-7-36(33)60-42/h4-14,16-19,21,28,30,32,39-40,55H,15,20H2,1-3H3/t28-,30+,32-,39-,40+,47+/m0/s1. The molecule has 0 unspecified atom stereocenters. The molecule has 1 N–H and O–H groups in total. The van der Waals surface area contributed by atoms with Crippen LogP contribution < -0.4 is 9.80 Å². The van der Waals surface area contributed by atoms with Gasteiger partial charge < -0.3 is 9.52 Å². The van der Waals surface area contributed by atoms with Gasteiger partial charge in [0, 0.05) is 44.9 Å². The third-order valence-electron chi connectivity index (χ3n) is 13.5. The van der Waals surface area contributed by atoms with E-state index < -0.39 is 46.8 Å². The summed E-state index contributed by atoms with van der Waals surface area (Å²) >= 11 is 14.5. The zero-order valence-electron chi connectivity index (χ0n) is 32.9. The van der Waals surface area contributed by atoms with Crippen molar-refractivity contribution in [3.63, 3.8) is 0 Å². The molecule has 61 heavy (non-hydrogen) atoms. The molecule has 1 saturated carbocycles. The minimum absolute atomic E-state index is 0.0885. The second-order valence-corrected chi connectivity index (χ2v) is 18.5. The Kier molecular flexibility index (Phi) is 8.36. The van der Waals surface area contributed by atoms with E-state index in [4.69, 9.17) is 32.7 Å². The highest BCUT2D eigenvalue weighted by molar-refractivity contribution is 7.22. The molecule has 11 nitrogen and oxygen atoms in total. The molecule has 3 aromatic heterocycles. The lowest BCUT2D eigenvalue weighted by molar-refractivity contribution is -0.131. The molecule has 0 spiro atoms. The molecular formula is C47H35Cl2N5O6S. The number of aromatic hydroxyl groups is 1. The second-order valence-electron chi connectivity index (χ2n) is 16.6. The number of fused-ring (bicyclic) bond motifs is 6. The van der Waals surface area contributed by atoms with Crippen molar-refractivity contribution in [2.24, 2.45) is 36.1 Å². The number of para-hydroxylation sites is 2. The SMILES string of the molecule is Cc1c(-c2cc(N3C(=O)[C@@H]4C[C@@H]5C(=CC[C@@H]6C(=O)N(c7ccc(-c8nc9ccccc9o8)cc7)C(=O)[C@@H]65)[C@H](c5cc(Cl)ccc5O)[C@]4(C)C3=O)n(C)n2)sc2ccc(Cl)cc12. The van der Waals surface area contributed by atoms with E-state index in [2.05, 4.69) is 4.98 Å². The quantitative estimate of drug-likeness (QED) is 0.133. The number of amides is 4. The summed E-state index contributed by atoms with van der Waals surface area (Å²) in [6, 6.07) is 26.6. The van der Waals surface area contributed by atoms with Crippen LogP contribution in [0.2, 0.25) is 10.0 Å². The van der Waals surface area contributed by atoms with Gasteiger partial charge in [-0.1, -0.05) is 47.0 Å². The maximum Gasteiger partial charge on any atom is 0.242 e. The van der Waals surface area contributed by atoms with Gasteiger partial charge in [0.15, 0.2) is 5.58 Å². The summed E-state index contributed by atoms with van der Waals surface area (Å²) in [4.78, 5) is 67.2. The first kappa shape index (κ1) is 37.9. The number of rotatable bonds is 5. The number of phenols is 1. The summed E-state index contributed by atoms with van der Waals surface area (Å²) < 4.78 is 8.52. The van der Waals surface area contributed by atoms with Gasteiger partial charge in [-0.2, -0.15) is 5.10 Å². The van der Waals surface area contributed by atoms with Crippen LogP contribution in [0.1, 0.15) is 36.8 Å². The summed E-state index contributed by atoms with van der Waals surface area (Å²) in [6.45, 7) is 3.77. The van der Waals surface area contributed by atoms with E-state index in [0.717, 1.165) is 31.6 Å². The number of hydrogen-bond acceptors (Lipinski definition) is 9. The molecule has 2 aliphatic carbocycles. The fourth-order valence-electron chi connectivity index (χ4n) is 10.6. The van der Waals surface area contributed by atoms with Gasteiger partial charge in [-0.25, -0.2) is 9.88 Å². The van der Waals surface area contributed by atoms with Gasteiger partial charge >= 0.3 is 0 Å². The molecule has 0 bridgehead atoms. The van der Waals surface area contributed by atoms with Crippen LogP contribution in [0, 0.1) is 36.0 Å².